The third-order valence-electron chi connectivity index (χ3n) is 3.90. The summed E-state index contributed by atoms with van der Waals surface area (Å²) in [6.45, 7) is 17.8. The number of nitrogens with zero attached hydrogens (tertiary/aromatic N) is 2. The van der Waals surface area contributed by atoms with Gasteiger partial charge in [0.25, 0.3) is 0 Å². The fraction of sp³-hybridized carbons (Fsp3) is 0.941. The minimum absolute atomic E-state index is 0.312. The van der Waals surface area contributed by atoms with Gasteiger partial charge in [-0.1, -0.05) is 20.8 Å². The van der Waals surface area contributed by atoms with Gasteiger partial charge in [-0.15, -0.1) is 0 Å². The molecule has 5 nitrogen and oxygen atoms in total. The zero-order valence-electron chi connectivity index (χ0n) is 15.8. The maximum absolute atomic E-state index is 5.77. The molecule has 0 radical (unpaired) electrons. The Balaban J connectivity index is 4.02. The van der Waals surface area contributed by atoms with Gasteiger partial charge in [-0.2, -0.15) is 0 Å². The second kappa shape index (κ2) is 12.7. The zero-order valence-corrected chi connectivity index (χ0v) is 15.8. The summed E-state index contributed by atoms with van der Waals surface area (Å²) in [6.07, 6.45) is 1.31. The summed E-state index contributed by atoms with van der Waals surface area (Å²) in [6, 6.07) is 0.583. The van der Waals surface area contributed by atoms with Crippen LogP contribution < -0.4 is 10.6 Å². The van der Waals surface area contributed by atoms with Crippen LogP contribution in [-0.2, 0) is 4.74 Å². The van der Waals surface area contributed by atoms with E-state index in [9.17, 15) is 0 Å². The minimum Gasteiger partial charge on any atom is -0.378 e. The standard InChI is InChI=1S/C17H38N4O/c1-8-21(15(5)6)13-12-20-17(18-7)19-11-10-16(14(3)4)22-9-2/h14-16H,8-13H2,1-7H3,(H2,18,19,20). The van der Waals surface area contributed by atoms with Crippen molar-refractivity contribution in [3.8, 4) is 0 Å². The fourth-order valence-electron chi connectivity index (χ4n) is 2.48. The summed E-state index contributed by atoms with van der Waals surface area (Å²) >= 11 is 0. The van der Waals surface area contributed by atoms with Gasteiger partial charge in [0.1, 0.15) is 0 Å². The molecule has 22 heavy (non-hydrogen) atoms. The van der Waals surface area contributed by atoms with E-state index in [1.54, 1.807) is 0 Å². The number of aliphatic imine (C=N–C) groups is 1. The van der Waals surface area contributed by atoms with Crippen molar-refractivity contribution in [2.75, 3.05) is 39.8 Å². The van der Waals surface area contributed by atoms with Crippen molar-refractivity contribution in [1.82, 2.24) is 15.5 Å². The maximum Gasteiger partial charge on any atom is 0.191 e. The normalized spacial score (nSPS) is 14.0. The molecule has 0 rings (SSSR count). The topological polar surface area (TPSA) is 48.9 Å². The number of guanidine groups is 1. The second-order valence-electron chi connectivity index (χ2n) is 6.17. The third kappa shape index (κ3) is 9.26. The molecule has 0 aliphatic rings. The largest absolute Gasteiger partial charge is 0.378 e. The lowest BCUT2D eigenvalue weighted by atomic mass is 10.0. The van der Waals surface area contributed by atoms with Crippen molar-refractivity contribution in [3.05, 3.63) is 0 Å². The van der Waals surface area contributed by atoms with E-state index in [1.807, 2.05) is 7.05 Å². The summed E-state index contributed by atoms with van der Waals surface area (Å²) < 4.78 is 5.77. The summed E-state index contributed by atoms with van der Waals surface area (Å²) in [5, 5.41) is 6.75. The van der Waals surface area contributed by atoms with Gasteiger partial charge in [-0.3, -0.25) is 9.89 Å². The Kier molecular flexibility index (Phi) is 12.2. The van der Waals surface area contributed by atoms with Gasteiger partial charge >= 0.3 is 0 Å². The predicted molar refractivity (Wildman–Crippen MR) is 96.6 cm³/mol. The Morgan fingerprint density at radius 3 is 2.18 bits per heavy atom. The highest BCUT2D eigenvalue weighted by atomic mass is 16.5. The maximum atomic E-state index is 5.77. The molecule has 5 heteroatoms. The lowest BCUT2D eigenvalue weighted by Crippen LogP contribution is -2.43. The minimum atomic E-state index is 0.312. The van der Waals surface area contributed by atoms with Gasteiger partial charge in [0, 0.05) is 39.3 Å². The summed E-state index contributed by atoms with van der Waals surface area (Å²) in [4.78, 5) is 6.71. The van der Waals surface area contributed by atoms with Crippen LogP contribution in [0.5, 0.6) is 0 Å². The number of ether oxygens (including phenoxy) is 1. The van der Waals surface area contributed by atoms with E-state index in [1.165, 1.54) is 0 Å². The fourth-order valence-corrected chi connectivity index (χ4v) is 2.48. The van der Waals surface area contributed by atoms with Crippen molar-refractivity contribution in [2.24, 2.45) is 10.9 Å². The molecule has 0 saturated heterocycles. The van der Waals surface area contributed by atoms with E-state index >= 15 is 0 Å². The lowest BCUT2D eigenvalue weighted by molar-refractivity contribution is 0.0258. The molecule has 0 aromatic carbocycles. The van der Waals surface area contributed by atoms with Crippen LogP contribution in [0.1, 0.15) is 48.0 Å². The van der Waals surface area contributed by atoms with Crippen molar-refractivity contribution in [3.63, 3.8) is 0 Å². The van der Waals surface area contributed by atoms with Crippen molar-refractivity contribution in [2.45, 2.75) is 60.1 Å². The molecule has 1 unspecified atom stereocenters. The quantitative estimate of drug-likeness (QED) is 0.454. The Labute approximate surface area is 137 Å². The molecule has 0 aromatic heterocycles. The monoisotopic (exact) mass is 314 g/mol. The number of hydrogen-bond acceptors (Lipinski definition) is 3. The molecule has 0 fully saturated rings. The predicted octanol–water partition coefficient (Wildman–Crippen LogP) is 2.33. The van der Waals surface area contributed by atoms with E-state index in [4.69, 9.17) is 4.74 Å². The van der Waals surface area contributed by atoms with Gasteiger partial charge in [0.15, 0.2) is 5.96 Å². The molecular weight excluding hydrogens is 276 g/mol. The average molecular weight is 315 g/mol. The smallest absolute Gasteiger partial charge is 0.191 e. The van der Waals surface area contributed by atoms with Crippen molar-refractivity contribution < 1.29 is 4.74 Å². The van der Waals surface area contributed by atoms with Crippen LogP contribution in [0, 0.1) is 5.92 Å². The first kappa shape index (κ1) is 21.2. The third-order valence-corrected chi connectivity index (χ3v) is 3.90. The molecule has 0 amide bonds. The molecule has 2 N–H and O–H groups in total. The number of hydrogen-bond donors (Lipinski definition) is 2. The molecule has 0 saturated carbocycles. The number of likely N-dealkylation sites (N-methyl/N-ethyl adjacent to an activating group) is 1. The Bertz CT molecular complexity index is 292. The molecule has 0 bridgehead atoms. The number of rotatable bonds is 11. The first-order valence-electron chi connectivity index (χ1n) is 8.76. The van der Waals surface area contributed by atoms with Gasteiger partial charge in [0.05, 0.1) is 6.10 Å². The van der Waals surface area contributed by atoms with E-state index in [0.717, 1.165) is 45.2 Å². The van der Waals surface area contributed by atoms with E-state index in [0.29, 0.717) is 18.1 Å². The summed E-state index contributed by atoms with van der Waals surface area (Å²) in [7, 11) is 1.82. The average Bonchev–Trinajstić information content (AvgIpc) is 2.48. The van der Waals surface area contributed by atoms with E-state index < -0.39 is 0 Å². The SMILES string of the molecule is CCOC(CCNC(=NC)NCCN(CC)C(C)C)C(C)C. The van der Waals surface area contributed by atoms with Gasteiger partial charge < -0.3 is 15.4 Å². The van der Waals surface area contributed by atoms with E-state index in [2.05, 4.69) is 62.1 Å². The first-order chi connectivity index (χ1) is 10.5. The molecular formula is C17H38N4O. The van der Waals surface area contributed by atoms with Crippen LogP contribution in [-0.4, -0.2) is 62.8 Å². The molecule has 0 aliphatic heterocycles. The molecule has 132 valence electrons. The Morgan fingerprint density at radius 2 is 1.73 bits per heavy atom. The van der Waals surface area contributed by atoms with Crippen LogP contribution in [0.25, 0.3) is 0 Å². The van der Waals surface area contributed by atoms with Gasteiger partial charge in [-0.25, -0.2) is 0 Å². The lowest BCUT2D eigenvalue weighted by Gasteiger charge is -2.25. The van der Waals surface area contributed by atoms with E-state index in [-0.39, 0.29) is 0 Å². The van der Waals surface area contributed by atoms with Crippen molar-refractivity contribution in [1.29, 1.82) is 0 Å². The van der Waals surface area contributed by atoms with Crippen LogP contribution >= 0.6 is 0 Å². The first-order valence-corrected chi connectivity index (χ1v) is 8.76. The highest BCUT2D eigenvalue weighted by molar-refractivity contribution is 5.79. The molecule has 0 aliphatic carbocycles. The van der Waals surface area contributed by atoms with Gasteiger partial charge in [-0.05, 0) is 39.7 Å². The number of nitrogens with one attached hydrogen (secondary N) is 2. The highest BCUT2D eigenvalue weighted by Gasteiger charge is 2.13. The van der Waals surface area contributed by atoms with Crippen LogP contribution in [0.3, 0.4) is 0 Å². The Morgan fingerprint density at radius 1 is 1.09 bits per heavy atom. The summed E-state index contributed by atoms with van der Waals surface area (Å²) in [5.41, 5.74) is 0. The van der Waals surface area contributed by atoms with Crippen LogP contribution in [0.15, 0.2) is 4.99 Å². The molecule has 0 heterocycles. The molecule has 0 spiro atoms. The molecule has 0 aromatic rings. The highest BCUT2D eigenvalue weighted by Crippen LogP contribution is 2.09. The zero-order chi connectivity index (χ0) is 17.0. The Hall–Kier alpha value is -0.810. The van der Waals surface area contributed by atoms with Crippen molar-refractivity contribution >= 4 is 5.96 Å². The van der Waals surface area contributed by atoms with Crippen LogP contribution in [0.4, 0.5) is 0 Å². The second-order valence-corrected chi connectivity index (χ2v) is 6.17. The van der Waals surface area contributed by atoms with Gasteiger partial charge in [0.2, 0.25) is 0 Å². The summed E-state index contributed by atoms with van der Waals surface area (Å²) in [5.74, 6) is 1.42. The molecule has 1 atom stereocenters. The van der Waals surface area contributed by atoms with Crippen LogP contribution in [0.2, 0.25) is 0 Å².